The molecule has 4 bridgehead atoms. The smallest absolute Gasteiger partial charge is 0.337 e. The summed E-state index contributed by atoms with van der Waals surface area (Å²) >= 11 is 0. The highest BCUT2D eigenvalue weighted by Gasteiger charge is 2.52. The van der Waals surface area contributed by atoms with E-state index in [4.69, 9.17) is 47.4 Å². The summed E-state index contributed by atoms with van der Waals surface area (Å²) < 4.78 is 57.5. The third kappa shape index (κ3) is 11.2. The van der Waals surface area contributed by atoms with Gasteiger partial charge in [-0.3, -0.25) is 4.79 Å². The molecule has 0 spiro atoms. The van der Waals surface area contributed by atoms with Gasteiger partial charge in [0.25, 0.3) is 0 Å². The first kappa shape index (κ1) is 50.5. The molecule has 3 saturated heterocycles. The first-order valence-corrected chi connectivity index (χ1v) is 21.6. The number of benzene rings is 2. The lowest BCUT2D eigenvalue weighted by Gasteiger charge is -2.46. The minimum absolute atomic E-state index is 0.0625. The van der Waals surface area contributed by atoms with Crippen LogP contribution < -0.4 is 9.47 Å². The molecule has 2 aromatic rings. The molecule has 0 amide bonds. The van der Waals surface area contributed by atoms with Crippen LogP contribution in [-0.2, 0) is 60.3 Å². The van der Waals surface area contributed by atoms with Gasteiger partial charge in [0.05, 0.1) is 51.3 Å². The van der Waals surface area contributed by atoms with Gasteiger partial charge in [-0.15, -0.1) is 0 Å². The third-order valence-electron chi connectivity index (χ3n) is 12.1. The van der Waals surface area contributed by atoms with Crippen LogP contribution in [0.1, 0.15) is 24.5 Å². The van der Waals surface area contributed by atoms with Crippen molar-refractivity contribution >= 4 is 11.9 Å². The second kappa shape index (κ2) is 22.4. The summed E-state index contributed by atoms with van der Waals surface area (Å²) in [7, 11) is 0. The highest BCUT2D eigenvalue weighted by Crippen LogP contribution is 2.39. The summed E-state index contributed by atoms with van der Waals surface area (Å²) in [5, 5.41) is 114. The molecule has 6 aliphatic heterocycles. The average Bonchev–Trinajstić information content (AvgIpc) is 3.32. The minimum Gasteiger partial charge on any atom is -0.468 e. The summed E-state index contributed by atoms with van der Waals surface area (Å²) in [6.07, 6.45) is -24.1. The lowest BCUT2D eigenvalue weighted by Crippen LogP contribution is -2.65. The van der Waals surface area contributed by atoms with Crippen molar-refractivity contribution in [2.75, 3.05) is 33.0 Å². The maximum atomic E-state index is 13.7. The Hall–Kier alpha value is -4.38. The Morgan fingerprint density at radius 2 is 1.21 bits per heavy atom. The van der Waals surface area contributed by atoms with Crippen LogP contribution in [0.15, 0.2) is 65.9 Å². The van der Waals surface area contributed by atoms with Crippen molar-refractivity contribution in [3.63, 3.8) is 0 Å². The van der Waals surface area contributed by atoms with E-state index in [1.807, 2.05) is 0 Å². The van der Waals surface area contributed by atoms with Crippen molar-refractivity contribution in [3.05, 3.63) is 77.1 Å². The Morgan fingerprint density at radius 3 is 1.85 bits per heavy atom. The average molecular weight is 953 g/mol. The summed E-state index contributed by atoms with van der Waals surface area (Å²) in [4.78, 5) is 27.3. The number of ether oxygens (including phenoxy) is 10. The number of hydrogen-bond donors (Lipinski definition) is 11. The zero-order chi connectivity index (χ0) is 48.1. The van der Waals surface area contributed by atoms with E-state index in [0.29, 0.717) is 11.3 Å². The van der Waals surface area contributed by atoms with Crippen molar-refractivity contribution in [1.29, 1.82) is 0 Å². The van der Waals surface area contributed by atoms with Crippen LogP contribution in [-0.4, -0.2) is 200 Å². The lowest BCUT2D eigenvalue weighted by molar-refractivity contribution is -0.369. The Labute approximate surface area is 382 Å². The molecular formula is C44H56O23. The summed E-state index contributed by atoms with van der Waals surface area (Å²) in [6.45, 7) is -0.985. The van der Waals surface area contributed by atoms with Gasteiger partial charge < -0.3 is 104 Å². The number of allylic oxidation sites excluding steroid dienone is 1. The predicted molar refractivity (Wildman–Crippen MR) is 219 cm³/mol. The molecule has 17 atom stereocenters. The number of carbonyl (C=O) groups is 2. The number of esters is 2. The topological polar surface area (TPSA) is 349 Å². The van der Waals surface area contributed by atoms with Gasteiger partial charge in [0, 0.05) is 24.3 Å². The second-order valence-corrected chi connectivity index (χ2v) is 16.4. The fourth-order valence-corrected chi connectivity index (χ4v) is 8.17. The molecule has 370 valence electrons. The molecule has 0 aliphatic carbocycles. The van der Waals surface area contributed by atoms with Crippen LogP contribution in [0, 0.1) is 5.92 Å². The fraction of sp³-hybridized carbons (Fsp3) is 0.591. The van der Waals surface area contributed by atoms with Gasteiger partial charge in [0.2, 0.25) is 12.6 Å². The number of rotatable bonds is 9. The van der Waals surface area contributed by atoms with Gasteiger partial charge in [-0.25, -0.2) is 4.79 Å². The maximum absolute atomic E-state index is 13.7. The van der Waals surface area contributed by atoms with Gasteiger partial charge in [-0.1, -0.05) is 24.3 Å². The second-order valence-electron chi connectivity index (χ2n) is 16.4. The van der Waals surface area contributed by atoms with Crippen LogP contribution in [0.5, 0.6) is 17.2 Å². The molecule has 67 heavy (non-hydrogen) atoms. The van der Waals surface area contributed by atoms with Crippen LogP contribution in [0.25, 0.3) is 0 Å². The zero-order valence-corrected chi connectivity index (χ0v) is 36.0. The standard InChI is InChI=1S/C44H56O23/c1-2-22-23-14-30(48)58-11-10-20-5-8-25(62-42-36(54)34(52)31(49)27(15-45)63-42)26(13-20)61-21-6-3-19(4-7-21)9-12-59-40(57)24(23)18-60-41(22)67-44-38(56)39(33(51)29(17-47)65-44)66-43-37(55)35(53)32(50)28(16-46)64-43/h2-8,13,18,23,27-29,31-39,41-47,49-56H,9-12,14-17H2,1H3/t23-,27+,28+,29+,31+,32+,33+,34-,35-,36+,37+,38+,39-,41-,42+,43-,44-/m0/s1. The summed E-state index contributed by atoms with van der Waals surface area (Å²) in [5.41, 5.74) is 1.44. The quantitative estimate of drug-likeness (QED) is 0.0865. The molecule has 23 nitrogen and oxygen atoms in total. The molecular weight excluding hydrogens is 896 g/mol. The van der Waals surface area contributed by atoms with Crippen molar-refractivity contribution in [2.24, 2.45) is 5.92 Å². The number of hydrogen-bond acceptors (Lipinski definition) is 23. The van der Waals surface area contributed by atoms with Crippen molar-refractivity contribution in [1.82, 2.24) is 0 Å². The molecule has 0 aromatic heterocycles. The Bertz CT molecular complexity index is 2040. The number of aliphatic hydroxyl groups is 11. The van der Waals surface area contributed by atoms with E-state index >= 15 is 0 Å². The highest BCUT2D eigenvalue weighted by molar-refractivity contribution is 5.91. The van der Waals surface area contributed by atoms with Crippen molar-refractivity contribution < 1.29 is 113 Å². The molecule has 0 saturated carbocycles. The molecule has 0 radical (unpaired) electrons. The monoisotopic (exact) mass is 952 g/mol. The molecule has 8 rings (SSSR count). The fourth-order valence-electron chi connectivity index (χ4n) is 8.17. The van der Waals surface area contributed by atoms with E-state index in [2.05, 4.69) is 0 Å². The first-order chi connectivity index (χ1) is 32.1. The van der Waals surface area contributed by atoms with E-state index in [9.17, 15) is 65.8 Å². The largest absolute Gasteiger partial charge is 0.468 e. The van der Waals surface area contributed by atoms with Crippen LogP contribution in [0.3, 0.4) is 0 Å². The van der Waals surface area contributed by atoms with Crippen LogP contribution >= 0.6 is 0 Å². The van der Waals surface area contributed by atoms with Gasteiger partial charge in [0.15, 0.2) is 24.1 Å². The van der Waals surface area contributed by atoms with E-state index in [1.54, 1.807) is 43.3 Å². The molecule has 2 aromatic carbocycles. The Kier molecular flexibility index (Phi) is 16.9. The Balaban J connectivity index is 1.09. The minimum atomic E-state index is -1.92. The number of fused-ring (bicyclic) bond motifs is 9. The maximum Gasteiger partial charge on any atom is 0.337 e. The lowest BCUT2D eigenvalue weighted by atomic mass is 9.86. The van der Waals surface area contributed by atoms with E-state index < -0.39 is 143 Å². The van der Waals surface area contributed by atoms with Crippen LogP contribution in [0.2, 0.25) is 0 Å². The Morgan fingerprint density at radius 1 is 0.642 bits per heavy atom. The van der Waals surface area contributed by atoms with E-state index in [1.165, 1.54) is 12.1 Å². The molecule has 11 N–H and O–H groups in total. The van der Waals surface area contributed by atoms with E-state index in [0.717, 1.165) is 11.8 Å². The van der Waals surface area contributed by atoms with Gasteiger partial charge in [0.1, 0.15) is 79.0 Å². The first-order valence-electron chi connectivity index (χ1n) is 21.6. The van der Waals surface area contributed by atoms with Crippen LogP contribution in [0.4, 0.5) is 0 Å². The number of aliphatic hydroxyl groups excluding tert-OH is 11. The molecule has 3 fully saturated rings. The molecule has 6 heterocycles. The molecule has 0 unspecified atom stereocenters. The summed E-state index contributed by atoms with van der Waals surface area (Å²) in [6, 6.07) is 11.5. The summed E-state index contributed by atoms with van der Waals surface area (Å²) in [5.74, 6) is -2.13. The number of carbonyl (C=O) groups excluding carboxylic acids is 2. The third-order valence-corrected chi connectivity index (χ3v) is 12.1. The van der Waals surface area contributed by atoms with Gasteiger partial charge >= 0.3 is 11.9 Å². The molecule has 23 heteroatoms. The molecule has 6 aliphatic rings. The highest BCUT2D eigenvalue weighted by atomic mass is 16.8. The van der Waals surface area contributed by atoms with E-state index in [-0.39, 0.29) is 48.7 Å². The van der Waals surface area contributed by atoms with Crippen molar-refractivity contribution in [3.8, 4) is 17.2 Å². The zero-order valence-electron chi connectivity index (χ0n) is 36.0. The SMILES string of the molecule is CC=C1[C@H](O[C@@H]2O[C@H](CO)[C@@H](O)[C@H](O[C@@H]3O[C@H](CO)[C@@H](O)[C@H](O)[C@H]3O)[C@H]2O)OC=C2C(=O)OCCc3ccc(cc3)Oc3cc(ccc3O[C@@H]3O[C@H](CO)[C@@H](O)[C@H](O)[C@H]3O)CCOC(=O)C[C@H]21. The van der Waals surface area contributed by atoms with Crippen molar-refractivity contribution in [2.45, 2.75) is 125 Å². The normalized spacial score (nSPS) is 38.2. The predicted octanol–water partition coefficient (Wildman–Crippen LogP) is -3.32. The van der Waals surface area contributed by atoms with Gasteiger partial charge in [-0.2, -0.15) is 0 Å². The van der Waals surface area contributed by atoms with Gasteiger partial charge in [-0.05, 0) is 42.3 Å².